The smallest absolute Gasteiger partial charge is 0.132 e. The molecule has 0 amide bonds. The number of rotatable bonds is 4. The van der Waals surface area contributed by atoms with Crippen LogP contribution < -0.4 is 4.74 Å². The van der Waals surface area contributed by atoms with Gasteiger partial charge in [0.2, 0.25) is 0 Å². The lowest BCUT2D eigenvalue weighted by Gasteiger charge is -2.10. The summed E-state index contributed by atoms with van der Waals surface area (Å²) < 4.78 is 5.83. The maximum Gasteiger partial charge on any atom is 0.132 e. The summed E-state index contributed by atoms with van der Waals surface area (Å²) >= 11 is 0. The van der Waals surface area contributed by atoms with Gasteiger partial charge in [-0.05, 0) is 29.3 Å². The molecule has 0 aliphatic carbocycles. The van der Waals surface area contributed by atoms with Crippen molar-refractivity contribution in [3.63, 3.8) is 0 Å². The molecule has 0 aromatic heterocycles. The molecule has 0 fully saturated rings. The molecule has 0 saturated carbocycles. The van der Waals surface area contributed by atoms with E-state index in [2.05, 4.69) is 12.1 Å². The van der Waals surface area contributed by atoms with E-state index in [1.807, 2.05) is 66.7 Å². The van der Waals surface area contributed by atoms with Crippen molar-refractivity contribution in [2.24, 2.45) is 0 Å². The number of aliphatic hydroxyl groups excluding tert-OH is 1. The summed E-state index contributed by atoms with van der Waals surface area (Å²) in [4.78, 5) is 0. The zero-order valence-corrected chi connectivity index (χ0v) is 11.6. The van der Waals surface area contributed by atoms with Gasteiger partial charge in [0, 0.05) is 5.56 Å². The van der Waals surface area contributed by atoms with Gasteiger partial charge in [0.15, 0.2) is 0 Å². The van der Waals surface area contributed by atoms with Gasteiger partial charge in [-0.3, -0.25) is 0 Å². The Morgan fingerprint density at radius 3 is 2.00 bits per heavy atom. The first-order valence-electron chi connectivity index (χ1n) is 6.89. The summed E-state index contributed by atoms with van der Waals surface area (Å²) in [5.74, 6) is 1.45. The van der Waals surface area contributed by atoms with E-state index < -0.39 is 0 Å². The summed E-state index contributed by atoms with van der Waals surface area (Å²) in [5.41, 5.74) is 3.11. The Hall–Kier alpha value is -2.58. The average molecular weight is 276 g/mol. The molecule has 0 radical (unpaired) electrons. The molecule has 0 saturated heterocycles. The molecule has 21 heavy (non-hydrogen) atoms. The quantitative estimate of drug-likeness (QED) is 0.752. The van der Waals surface area contributed by atoms with E-state index in [0.717, 1.165) is 16.9 Å². The third-order valence-corrected chi connectivity index (χ3v) is 3.33. The Labute approximate surface area is 124 Å². The van der Waals surface area contributed by atoms with E-state index in [0.29, 0.717) is 5.75 Å². The number of hydrogen-bond donors (Lipinski definition) is 1. The molecule has 2 heteroatoms. The number of benzene rings is 3. The predicted octanol–water partition coefficient (Wildman–Crippen LogP) is 4.64. The highest BCUT2D eigenvalue weighted by molar-refractivity contribution is 5.64. The lowest BCUT2D eigenvalue weighted by atomic mass is 10.1. The van der Waals surface area contributed by atoms with Gasteiger partial charge in [0.1, 0.15) is 11.5 Å². The fraction of sp³-hybridized carbons (Fsp3) is 0.0526. The Morgan fingerprint density at radius 1 is 0.667 bits per heavy atom. The van der Waals surface area contributed by atoms with Crippen LogP contribution in [0.2, 0.25) is 0 Å². The topological polar surface area (TPSA) is 29.5 Å². The molecule has 0 spiro atoms. The lowest BCUT2D eigenvalue weighted by Crippen LogP contribution is -1.91. The van der Waals surface area contributed by atoms with E-state index in [4.69, 9.17) is 4.74 Å². The largest absolute Gasteiger partial charge is 0.457 e. The molecule has 3 aromatic carbocycles. The van der Waals surface area contributed by atoms with E-state index >= 15 is 0 Å². The van der Waals surface area contributed by atoms with Crippen molar-refractivity contribution >= 4 is 0 Å². The van der Waals surface area contributed by atoms with Crippen LogP contribution in [0.15, 0.2) is 78.9 Å². The van der Waals surface area contributed by atoms with Crippen LogP contribution in [-0.2, 0) is 6.61 Å². The molecule has 2 nitrogen and oxygen atoms in total. The second-order valence-corrected chi connectivity index (χ2v) is 4.76. The van der Waals surface area contributed by atoms with Crippen LogP contribution in [0.3, 0.4) is 0 Å². The highest BCUT2D eigenvalue weighted by atomic mass is 16.5. The zero-order valence-electron chi connectivity index (χ0n) is 11.6. The second-order valence-electron chi connectivity index (χ2n) is 4.76. The van der Waals surface area contributed by atoms with Gasteiger partial charge >= 0.3 is 0 Å². The molecule has 0 unspecified atom stereocenters. The lowest BCUT2D eigenvalue weighted by molar-refractivity contribution is 0.276. The molecule has 104 valence electrons. The normalized spacial score (nSPS) is 10.3. The number of ether oxygens (including phenoxy) is 1. The molecule has 1 N–H and O–H groups in total. The standard InChI is InChI=1S/C19H16O2/c20-14-17-8-4-5-9-19(17)21-18-12-10-16(11-13-18)15-6-2-1-3-7-15/h1-13,20H,14H2. The highest BCUT2D eigenvalue weighted by Gasteiger charge is 2.03. The van der Waals surface area contributed by atoms with Crippen LogP contribution in [0.25, 0.3) is 11.1 Å². The van der Waals surface area contributed by atoms with Crippen molar-refractivity contribution in [2.75, 3.05) is 0 Å². The van der Waals surface area contributed by atoms with Gasteiger partial charge in [-0.1, -0.05) is 60.7 Å². The van der Waals surface area contributed by atoms with Crippen molar-refractivity contribution in [3.8, 4) is 22.6 Å². The van der Waals surface area contributed by atoms with Crippen LogP contribution in [0.1, 0.15) is 5.56 Å². The number of para-hydroxylation sites is 1. The van der Waals surface area contributed by atoms with Crippen molar-refractivity contribution in [1.29, 1.82) is 0 Å². The second kappa shape index (κ2) is 6.25. The molecule has 0 aliphatic heterocycles. The SMILES string of the molecule is OCc1ccccc1Oc1ccc(-c2ccccc2)cc1. The molecule has 0 heterocycles. The molecular formula is C19H16O2. The fourth-order valence-electron chi connectivity index (χ4n) is 2.21. The molecule has 0 bridgehead atoms. The van der Waals surface area contributed by atoms with Crippen molar-refractivity contribution < 1.29 is 9.84 Å². The summed E-state index contributed by atoms with van der Waals surface area (Å²) in [7, 11) is 0. The predicted molar refractivity (Wildman–Crippen MR) is 84.3 cm³/mol. The monoisotopic (exact) mass is 276 g/mol. The summed E-state index contributed by atoms with van der Waals surface area (Å²) in [5, 5.41) is 9.31. The van der Waals surface area contributed by atoms with Crippen LogP contribution in [0.4, 0.5) is 0 Å². The Balaban J connectivity index is 1.82. The number of aliphatic hydroxyl groups is 1. The van der Waals surface area contributed by atoms with Crippen LogP contribution in [0, 0.1) is 0 Å². The van der Waals surface area contributed by atoms with Gasteiger partial charge in [-0.2, -0.15) is 0 Å². The minimum atomic E-state index is -0.0295. The van der Waals surface area contributed by atoms with Gasteiger partial charge < -0.3 is 9.84 Å². The van der Waals surface area contributed by atoms with Crippen molar-refractivity contribution in [1.82, 2.24) is 0 Å². The summed E-state index contributed by atoms with van der Waals surface area (Å²) in [6.45, 7) is -0.0295. The van der Waals surface area contributed by atoms with Crippen LogP contribution in [-0.4, -0.2) is 5.11 Å². The highest BCUT2D eigenvalue weighted by Crippen LogP contribution is 2.27. The molecular weight excluding hydrogens is 260 g/mol. The van der Waals surface area contributed by atoms with Gasteiger partial charge in [-0.15, -0.1) is 0 Å². The van der Waals surface area contributed by atoms with E-state index in [1.54, 1.807) is 0 Å². The average Bonchev–Trinajstić information content (AvgIpc) is 2.57. The Kier molecular flexibility index (Phi) is 3.99. The van der Waals surface area contributed by atoms with Gasteiger partial charge in [-0.25, -0.2) is 0 Å². The first kappa shape index (κ1) is 13.4. The molecule has 0 atom stereocenters. The van der Waals surface area contributed by atoms with E-state index in [-0.39, 0.29) is 6.61 Å². The fourth-order valence-corrected chi connectivity index (χ4v) is 2.21. The summed E-state index contributed by atoms with van der Waals surface area (Å²) in [6, 6.07) is 25.7. The Morgan fingerprint density at radius 2 is 1.29 bits per heavy atom. The maximum absolute atomic E-state index is 9.31. The van der Waals surface area contributed by atoms with E-state index in [1.165, 1.54) is 5.56 Å². The first-order chi connectivity index (χ1) is 10.4. The van der Waals surface area contributed by atoms with Crippen molar-refractivity contribution in [2.45, 2.75) is 6.61 Å². The third kappa shape index (κ3) is 3.12. The minimum absolute atomic E-state index is 0.0295. The third-order valence-electron chi connectivity index (χ3n) is 3.33. The van der Waals surface area contributed by atoms with Crippen LogP contribution in [0.5, 0.6) is 11.5 Å². The molecule has 3 rings (SSSR count). The van der Waals surface area contributed by atoms with Crippen LogP contribution >= 0.6 is 0 Å². The Bertz CT molecular complexity index is 703. The number of hydrogen-bond acceptors (Lipinski definition) is 2. The molecule has 0 aliphatic rings. The van der Waals surface area contributed by atoms with E-state index in [9.17, 15) is 5.11 Å². The zero-order chi connectivity index (χ0) is 14.5. The van der Waals surface area contributed by atoms with Crippen molar-refractivity contribution in [3.05, 3.63) is 84.4 Å². The van der Waals surface area contributed by atoms with Gasteiger partial charge in [0.25, 0.3) is 0 Å². The maximum atomic E-state index is 9.31. The minimum Gasteiger partial charge on any atom is -0.457 e. The molecule has 3 aromatic rings. The summed E-state index contributed by atoms with van der Waals surface area (Å²) in [6.07, 6.45) is 0. The van der Waals surface area contributed by atoms with Gasteiger partial charge in [0.05, 0.1) is 6.61 Å². The first-order valence-corrected chi connectivity index (χ1v) is 6.89.